The number of benzene rings is 1. The van der Waals surface area contributed by atoms with Gasteiger partial charge in [0, 0.05) is 6.07 Å². The fourth-order valence-corrected chi connectivity index (χ4v) is 1.57. The fraction of sp³-hybridized carbons (Fsp3) is 0.167. The third kappa shape index (κ3) is 2.67. The van der Waals surface area contributed by atoms with Crippen LogP contribution in [0.3, 0.4) is 0 Å². The van der Waals surface area contributed by atoms with Crippen LogP contribution in [0.1, 0.15) is 11.5 Å². The van der Waals surface area contributed by atoms with E-state index in [1.54, 1.807) is 30.3 Å². The van der Waals surface area contributed by atoms with E-state index in [9.17, 15) is 10.1 Å². The van der Waals surface area contributed by atoms with Crippen LogP contribution in [0.2, 0.25) is 0 Å². The Labute approximate surface area is 103 Å². The van der Waals surface area contributed by atoms with Crippen LogP contribution in [0, 0.1) is 10.1 Å². The molecule has 6 heteroatoms. The van der Waals surface area contributed by atoms with Gasteiger partial charge in [0.15, 0.2) is 0 Å². The zero-order valence-electron chi connectivity index (χ0n) is 9.50. The highest BCUT2D eigenvalue weighted by atomic mass is 16.6. The average molecular weight is 248 g/mol. The van der Waals surface area contributed by atoms with Gasteiger partial charge in [-0.25, -0.2) is 0 Å². The van der Waals surface area contributed by atoms with Gasteiger partial charge in [0.05, 0.1) is 11.5 Å². The predicted octanol–water partition coefficient (Wildman–Crippen LogP) is 2.29. The molecule has 94 valence electrons. The number of hydrogen-bond acceptors (Lipinski definition) is 5. The van der Waals surface area contributed by atoms with Crippen molar-refractivity contribution in [3.05, 3.63) is 58.0 Å². The summed E-state index contributed by atoms with van der Waals surface area (Å²) in [6, 6.07) is 9.78. The monoisotopic (exact) mass is 248 g/mol. The van der Waals surface area contributed by atoms with Crippen LogP contribution in [0.4, 0.5) is 11.4 Å². The van der Waals surface area contributed by atoms with E-state index in [-0.39, 0.29) is 12.3 Å². The fourth-order valence-electron chi connectivity index (χ4n) is 1.57. The van der Waals surface area contributed by atoms with E-state index in [0.717, 1.165) is 0 Å². The standard InChI is InChI=1S/C12H12N2O4/c15-8-10-6-5-9(18-10)7-13-11-3-1-2-4-12(11)14(16)17/h1-6,13,15H,7-8H2. The molecule has 1 heterocycles. The second-order valence-corrected chi connectivity index (χ2v) is 3.65. The summed E-state index contributed by atoms with van der Waals surface area (Å²) >= 11 is 0. The maximum Gasteiger partial charge on any atom is 0.292 e. The molecular formula is C12H12N2O4. The van der Waals surface area contributed by atoms with Crippen molar-refractivity contribution in [2.24, 2.45) is 0 Å². The minimum absolute atomic E-state index is 0.0198. The summed E-state index contributed by atoms with van der Waals surface area (Å²) in [5.74, 6) is 1.08. The number of aliphatic hydroxyl groups is 1. The van der Waals surface area contributed by atoms with Crippen molar-refractivity contribution in [1.29, 1.82) is 0 Å². The predicted molar refractivity (Wildman–Crippen MR) is 65.1 cm³/mol. The Morgan fingerprint density at radius 1 is 1.22 bits per heavy atom. The van der Waals surface area contributed by atoms with Crippen molar-refractivity contribution in [2.75, 3.05) is 5.32 Å². The molecule has 6 nitrogen and oxygen atoms in total. The Kier molecular flexibility index (Phi) is 3.59. The smallest absolute Gasteiger partial charge is 0.292 e. The molecule has 2 aromatic rings. The molecule has 0 unspecified atom stereocenters. The van der Waals surface area contributed by atoms with E-state index in [4.69, 9.17) is 9.52 Å². The number of aliphatic hydroxyl groups excluding tert-OH is 1. The molecule has 0 amide bonds. The zero-order valence-corrected chi connectivity index (χ0v) is 9.50. The van der Waals surface area contributed by atoms with E-state index in [1.807, 2.05) is 0 Å². The lowest BCUT2D eigenvalue weighted by molar-refractivity contribution is -0.384. The van der Waals surface area contributed by atoms with Crippen molar-refractivity contribution in [3.63, 3.8) is 0 Å². The van der Waals surface area contributed by atoms with Crippen LogP contribution >= 0.6 is 0 Å². The van der Waals surface area contributed by atoms with E-state index in [1.165, 1.54) is 6.07 Å². The Bertz CT molecular complexity index is 551. The summed E-state index contributed by atoms with van der Waals surface area (Å²) in [6.07, 6.45) is 0. The molecule has 2 rings (SSSR count). The third-order valence-electron chi connectivity index (χ3n) is 2.43. The van der Waals surface area contributed by atoms with Crippen molar-refractivity contribution >= 4 is 11.4 Å². The Morgan fingerprint density at radius 2 is 1.94 bits per heavy atom. The largest absolute Gasteiger partial charge is 0.462 e. The van der Waals surface area contributed by atoms with Gasteiger partial charge in [0.1, 0.15) is 23.8 Å². The summed E-state index contributed by atoms with van der Waals surface area (Å²) in [4.78, 5) is 10.4. The molecule has 0 atom stereocenters. The van der Waals surface area contributed by atoms with Gasteiger partial charge in [-0.05, 0) is 18.2 Å². The van der Waals surface area contributed by atoms with Gasteiger partial charge < -0.3 is 14.8 Å². The topological polar surface area (TPSA) is 88.5 Å². The Hall–Kier alpha value is -2.34. The molecule has 18 heavy (non-hydrogen) atoms. The second-order valence-electron chi connectivity index (χ2n) is 3.65. The van der Waals surface area contributed by atoms with Gasteiger partial charge >= 0.3 is 0 Å². The highest BCUT2D eigenvalue weighted by molar-refractivity contribution is 5.61. The number of rotatable bonds is 5. The minimum atomic E-state index is -0.441. The first-order valence-corrected chi connectivity index (χ1v) is 5.36. The van der Waals surface area contributed by atoms with Gasteiger partial charge in [-0.1, -0.05) is 12.1 Å². The molecule has 2 N–H and O–H groups in total. The van der Waals surface area contributed by atoms with Crippen molar-refractivity contribution in [3.8, 4) is 0 Å². The SMILES string of the molecule is O=[N+]([O-])c1ccccc1NCc1ccc(CO)o1. The Morgan fingerprint density at radius 3 is 2.61 bits per heavy atom. The van der Waals surface area contributed by atoms with Gasteiger partial charge in [0.2, 0.25) is 0 Å². The number of nitro benzene ring substituents is 1. The third-order valence-corrected chi connectivity index (χ3v) is 2.43. The molecule has 0 aliphatic heterocycles. The number of nitrogens with one attached hydrogen (secondary N) is 1. The number of nitro groups is 1. The highest BCUT2D eigenvalue weighted by Crippen LogP contribution is 2.23. The number of hydrogen-bond donors (Lipinski definition) is 2. The van der Waals surface area contributed by atoms with E-state index in [2.05, 4.69) is 5.32 Å². The maximum atomic E-state index is 10.8. The summed E-state index contributed by atoms with van der Waals surface area (Å²) in [7, 11) is 0. The summed E-state index contributed by atoms with van der Waals surface area (Å²) in [5.41, 5.74) is 0.455. The quantitative estimate of drug-likeness (QED) is 0.626. The lowest BCUT2D eigenvalue weighted by atomic mass is 10.2. The molecule has 0 bridgehead atoms. The van der Waals surface area contributed by atoms with Crippen LogP contribution in [-0.4, -0.2) is 10.0 Å². The number of furan rings is 1. The molecule has 0 aliphatic carbocycles. The van der Waals surface area contributed by atoms with Gasteiger partial charge in [-0.15, -0.1) is 0 Å². The van der Waals surface area contributed by atoms with Gasteiger partial charge in [-0.3, -0.25) is 10.1 Å². The van der Waals surface area contributed by atoms with E-state index >= 15 is 0 Å². The summed E-state index contributed by atoms with van der Waals surface area (Å²) in [6.45, 7) is 0.163. The van der Waals surface area contributed by atoms with Crippen LogP contribution in [0.5, 0.6) is 0 Å². The molecule has 0 fully saturated rings. The number of nitrogens with zero attached hydrogens (tertiary/aromatic N) is 1. The molecule has 0 saturated heterocycles. The van der Waals surface area contributed by atoms with Crippen LogP contribution < -0.4 is 5.32 Å². The molecule has 0 saturated carbocycles. The average Bonchev–Trinajstić information content (AvgIpc) is 2.84. The molecular weight excluding hydrogens is 236 g/mol. The van der Waals surface area contributed by atoms with Crippen molar-refractivity contribution < 1.29 is 14.4 Å². The first-order valence-electron chi connectivity index (χ1n) is 5.36. The molecule has 1 aromatic carbocycles. The first-order chi connectivity index (χ1) is 8.70. The minimum Gasteiger partial charge on any atom is -0.462 e. The van der Waals surface area contributed by atoms with E-state index < -0.39 is 4.92 Å². The number of para-hydroxylation sites is 2. The number of anilines is 1. The normalized spacial score (nSPS) is 10.3. The van der Waals surface area contributed by atoms with Gasteiger partial charge in [0.25, 0.3) is 5.69 Å². The molecule has 1 aromatic heterocycles. The van der Waals surface area contributed by atoms with Gasteiger partial charge in [-0.2, -0.15) is 0 Å². The zero-order chi connectivity index (χ0) is 13.0. The van der Waals surface area contributed by atoms with Crippen molar-refractivity contribution in [1.82, 2.24) is 0 Å². The summed E-state index contributed by atoms with van der Waals surface area (Å²) in [5, 5.41) is 22.6. The van der Waals surface area contributed by atoms with E-state index in [0.29, 0.717) is 23.8 Å². The first kappa shape index (κ1) is 12.1. The van der Waals surface area contributed by atoms with Crippen LogP contribution in [-0.2, 0) is 13.2 Å². The molecule has 0 spiro atoms. The lowest BCUT2D eigenvalue weighted by Crippen LogP contribution is -2.01. The maximum absolute atomic E-state index is 10.8. The lowest BCUT2D eigenvalue weighted by Gasteiger charge is -2.04. The van der Waals surface area contributed by atoms with Crippen molar-refractivity contribution in [2.45, 2.75) is 13.2 Å². The molecule has 0 aliphatic rings. The highest BCUT2D eigenvalue weighted by Gasteiger charge is 2.12. The Balaban J connectivity index is 2.08. The summed E-state index contributed by atoms with van der Waals surface area (Å²) < 4.78 is 5.27. The van der Waals surface area contributed by atoms with Crippen LogP contribution in [0.25, 0.3) is 0 Å². The molecule has 0 radical (unpaired) electrons. The van der Waals surface area contributed by atoms with Crippen LogP contribution in [0.15, 0.2) is 40.8 Å². The second kappa shape index (κ2) is 5.33.